The van der Waals surface area contributed by atoms with Gasteiger partial charge in [0.15, 0.2) is 0 Å². The highest BCUT2D eigenvalue weighted by Crippen LogP contribution is 2.32. The first-order valence-electron chi connectivity index (χ1n) is 7.78. The first kappa shape index (κ1) is 13.6. The Kier molecular flexibility index (Phi) is 4.02. The van der Waals surface area contributed by atoms with Gasteiger partial charge in [0.1, 0.15) is 0 Å². The van der Waals surface area contributed by atoms with Gasteiger partial charge in [0.25, 0.3) is 0 Å². The van der Waals surface area contributed by atoms with Crippen molar-refractivity contribution in [2.75, 3.05) is 0 Å². The third-order valence-corrected chi connectivity index (χ3v) is 4.57. The molecule has 1 aliphatic carbocycles. The van der Waals surface area contributed by atoms with Gasteiger partial charge < -0.3 is 5.11 Å². The first-order chi connectivity index (χ1) is 9.74. The fourth-order valence-electron chi connectivity index (χ4n) is 3.41. The molecule has 2 aromatic rings. The van der Waals surface area contributed by atoms with Crippen molar-refractivity contribution >= 4 is 10.9 Å². The summed E-state index contributed by atoms with van der Waals surface area (Å²) in [5.41, 5.74) is 3.03. The predicted molar refractivity (Wildman–Crippen MR) is 82.6 cm³/mol. The van der Waals surface area contributed by atoms with Gasteiger partial charge in [-0.05, 0) is 37.0 Å². The number of aryl methyl sites for hydroxylation is 1. The number of rotatable bonds is 3. The summed E-state index contributed by atoms with van der Waals surface area (Å²) in [4.78, 5) is 4.65. The van der Waals surface area contributed by atoms with E-state index in [1.807, 2.05) is 18.2 Å². The number of para-hydroxylation sites is 1. The molecule has 20 heavy (non-hydrogen) atoms. The second-order valence-corrected chi connectivity index (χ2v) is 6.14. The smallest absolute Gasteiger partial charge is 0.0962 e. The van der Waals surface area contributed by atoms with Gasteiger partial charge in [0.05, 0.1) is 17.3 Å². The second kappa shape index (κ2) is 5.92. The SMILES string of the molecule is Cc1cc(C(O)CC2CCCCC2)nc2ccccc12. The number of aliphatic hydroxyl groups is 1. The van der Waals surface area contributed by atoms with Gasteiger partial charge in [-0.15, -0.1) is 0 Å². The van der Waals surface area contributed by atoms with Gasteiger partial charge in [-0.2, -0.15) is 0 Å². The van der Waals surface area contributed by atoms with Crippen LogP contribution in [-0.2, 0) is 0 Å². The minimum Gasteiger partial charge on any atom is -0.387 e. The molecule has 1 aromatic carbocycles. The number of benzene rings is 1. The maximum absolute atomic E-state index is 10.5. The Balaban J connectivity index is 1.81. The van der Waals surface area contributed by atoms with E-state index in [0.29, 0.717) is 5.92 Å². The van der Waals surface area contributed by atoms with Gasteiger partial charge in [-0.1, -0.05) is 50.3 Å². The minimum atomic E-state index is -0.415. The number of fused-ring (bicyclic) bond motifs is 1. The molecule has 0 radical (unpaired) electrons. The Morgan fingerprint density at radius 2 is 1.95 bits per heavy atom. The van der Waals surface area contributed by atoms with Crippen molar-refractivity contribution in [1.82, 2.24) is 4.98 Å². The molecule has 106 valence electrons. The molecule has 0 saturated heterocycles. The molecule has 1 fully saturated rings. The van der Waals surface area contributed by atoms with Crippen molar-refractivity contribution in [1.29, 1.82) is 0 Å². The van der Waals surface area contributed by atoms with Gasteiger partial charge in [0, 0.05) is 5.39 Å². The number of hydrogen-bond donors (Lipinski definition) is 1. The highest BCUT2D eigenvalue weighted by molar-refractivity contribution is 5.82. The Labute approximate surface area is 120 Å². The number of nitrogens with zero attached hydrogens (tertiary/aromatic N) is 1. The molecule has 1 unspecified atom stereocenters. The average molecular weight is 269 g/mol. The van der Waals surface area contributed by atoms with Crippen LogP contribution in [0.5, 0.6) is 0 Å². The summed E-state index contributed by atoms with van der Waals surface area (Å²) in [6.45, 7) is 2.10. The van der Waals surface area contributed by atoms with Crippen molar-refractivity contribution < 1.29 is 5.11 Å². The molecule has 1 N–H and O–H groups in total. The standard InChI is InChI=1S/C18H23NO/c1-13-11-17(19-16-10-6-5-9-15(13)16)18(20)12-14-7-3-2-4-8-14/h5-6,9-11,14,18,20H,2-4,7-8,12H2,1H3. The van der Waals surface area contributed by atoms with Crippen molar-refractivity contribution in [3.8, 4) is 0 Å². The predicted octanol–water partition coefficient (Wildman–Crippen LogP) is 4.55. The molecule has 0 bridgehead atoms. The van der Waals surface area contributed by atoms with Crippen LogP contribution >= 0.6 is 0 Å². The molecule has 0 amide bonds. The summed E-state index contributed by atoms with van der Waals surface area (Å²) in [6, 6.07) is 10.2. The van der Waals surface area contributed by atoms with Crippen molar-refractivity contribution in [2.24, 2.45) is 5.92 Å². The van der Waals surface area contributed by atoms with E-state index in [4.69, 9.17) is 0 Å². The molecule has 0 spiro atoms. The van der Waals surface area contributed by atoms with Crippen molar-refractivity contribution in [2.45, 2.75) is 51.6 Å². The molecule has 3 rings (SSSR count). The van der Waals surface area contributed by atoms with Crippen LogP contribution in [0.3, 0.4) is 0 Å². The maximum Gasteiger partial charge on any atom is 0.0962 e. The fourth-order valence-corrected chi connectivity index (χ4v) is 3.41. The minimum absolute atomic E-state index is 0.415. The quantitative estimate of drug-likeness (QED) is 0.887. The van der Waals surface area contributed by atoms with E-state index in [2.05, 4.69) is 24.0 Å². The third kappa shape index (κ3) is 2.85. The molecular formula is C18H23NO. The van der Waals surface area contributed by atoms with E-state index >= 15 is 0 Å². The summed E-state index contributed by atoms with van der Waals surface area (Å²) in [6.07, 6.45) is 6.99. The van der Waals surface area contributed by atoms with Crippen LogP contribution in [0.1, 0.15) is 55.9 Å². The summed E-state index contributed by atoms with van der Waals surface area (Å²) < 4.78 is 0. The van der Waals surface area contributed by atoms with E-state index in [1.54, 1.807) is 0 Å². The average Bonchev–Trinajstić information content (AvgIpc) is 2.48. The summed E-state index contributed by atoms with van der Waals surface area (Å²) in [7, 11) is 0. The summed E-state index contributed by atoms with van der Waals surface area (Å²) in [5, 5.41) is 11.7. The molecule has 2 nitrogen and oxygen atoms in total. The van der Waals surface area contributed by atoms with E-state index in [0.717, 1.165) is 17.6 Å². The highest BCUT2D eigenvalue weighted by Gasteiger charge is 2.20. The Morgan fingerprint density at radius 1 is 1.20 bits per heavy atom. The fraction of sp³-hybridized carbons (Fsp3) is 0.500. The van der Waals surface area contributed by atoms with Crippen LogP contribution in [0, 0.1) is 12.8 Å². The molecule has 1 aromatic heterocycles. The Morgan fingerprint density at radius 3 is 2.75 bits per heavy atom. The molecule has 1 atom stereocenters. The van der Waals surface area contributed by atoms with Crippen LogP contribution in [0.4, 0.5) is 0 Å². The van der Waals surface area contributed by atoms with Crippen LogP contribution in [0.2, 0.25) is 0 Å². The Hall–Kier alpha value is -1.41. The third-order valence-electron chi connectivity index (χ3n) is 4.57. The maximum atomic E-state index is 10.5. The van der Waals surface area contributed by atoms with Crippen LogP contribution < -0.4 is 0 Å². The zero-order valence-electron chi connectivity index (χ0n) is 12.2. The lowest BCUT2D eigenvalue weighted by Gasteiger charge is -2.24. The Bertz CT molecular complexity index is 587. The first-order valence-corrected chi connectivity index (χ1v) is 7.78. The van der Waals surface area contributed by atoms with Gasteiger partial charge in [-0.25, -0.2) is 0 Å². The van der Waals surface area contributed by atoms with E-state index < -0.39 is 6.10 Å². The van der Waals surface area contributed by atoms with E-state index in [-0.39, 0.29) is 0 Å². The number of aliphatic hydroxyl groups excluding tert-OH is 1. The van der Waals surface area contributed by atoms with Gasteiger partial charge in [0.2, 0.25) is 0 Å². The van der Waals surface area contributed by atoms with Crippen LogP contribution in [0.15, 0.2) is 30.3 Å². The zero-order valence-corrected chi connectivity index (χ0v) is 12.2. The largest absolute Gasteiger partial charge is 0.387 e. The molecule has 2 heteroatoms. The lowest BCUT2D eigenvalue weighted by atomic mass is 9.85. The summed E-state index contributed by atoms with van der Waals surface area (Å²) >= 11 is 0. The van der Waals surface area contributed by atoms with Crippen molar-refractivity contribution in [3.05, 3.63) is 41.6 Å². The number of pyridine rings is 1. The highest BCUT2D eigenvalue weighted by atomic mass is 16.3. The van der Waals surface area contributed by atoms with E-state index in [1.165, 1.54) is 43.1 Å². The monoisotopic (exact) mass is 269 g/mol. The normalized spacial score (nSPS) is 18.3. The number of hydrogen-bond acceptors (Lipinski definition) is 2. The lowest BCUT2D eigenvalue weighted by Crippen LogP contribution is -2.12. The van der Waals surface area contributed by atoms with Gasteiger partial charge >= 0.3 is 0 Å². The number of aromatic nitrogens is 1. The van der Waals surface area contributed by atoms with Crippen LogP contribution in [-0.4, -0.2) is 10.1 Å². The molecule has 1 heterocycles. The van der Waals surface area contributed by atoms with Crippen molar-refractivity contribution in [3.63, 3.8) is 0 Å². The molecular weight excluding hydrogens is 246 g/mol. The summed E-state index contributed by atoms with van der Waals surface area (Å²) in [5.74, 6) is 0.673. The molecule has 1 aliphatic rings. The molecule has 1 saturated carbocycles. The van der Waals surface area contributed by atoms with E-state index in [9.17, 15) is 5.11 Å². The topological polar surface area (TPSA) is 33.1 Å². The van der Waals surface area contributed by atoms with Gasteiger partial charge in [-0.3, -0.25) is 4.98 Å². The lowest BCUT2D eigenvalue weighted by molar-refractivity contribution is 0.127. The second-order valence-electron chi connectivity index (χ2n) is 6.14. The van der Waals surface area contributed by atoms with Crippen LogP contribution in [0.25, 0.3) is 10.9 Å². The zero-order chi connectivity index (χ0) is 13.9. The molecule has 0 aliphatic heterocycles.